The fourth-order valence-electron chi connectivity index (χ4n) is 3.09. The Morgan fingerprint density at radius 2 is 1.78 bits per heavy atom. The Morgan fingerprint density at radius 1 is 1.22 bits per heavy atom. The molecule has 3 heteroatoms. The van der Waals surface area contributed by atoms with E-state index in [0.29, 0.717) is 12.1 Å². The molecule has 0 aromatic heterocycles. The molecule has 0 aromatic rings. The SMILES string of the molecule is CCN(CC)CC(C)NC1CC(C)(C)OC1(C)C. The molecule has 2 unspecified atom stereocenters. The summed E-state index contributed by atoms with van der Waals surface area (Å²) in [5.41, 5.74) is -0.0723. The molecule has 0 radical (unpaired) electrons. The zero-order valence-electron chi connectivity index (χ0n) is 13.3. The summed E-state index contributed by atoms with van der Waals surface area (Å²) in [5.74, 6) is 0. The van der Waals surface area contributed by atoms with E-state index in [4.69, 9.17) is 4.74 Å². The van der Waals surface area contributed by atoms with Crippen LogP contribution in [0.4, 0.5) is 0 Å². The van der Waals surface area contributed by atoms with Crippen LogP contribution in [0.3, 0.4) is 0 Å². The number of ether oxygens (including phenoxy) is 1. The van der Waals surface area contributed by atoms with Crippen LogP contribution in [0.25, 0.3) is 0 Å². The molecule has 2 atom stereocenters. The first-order valence-electron chi connectivity index (χ1n) is 7.38. The number of hydrogen-bond acceptors (Lipinski definition) is 3. The maximum atomic E-state index is 6.13. The summed E-state index contributed by atoms with van der Waals surface area (Å²) >= 11 is 0. The number of nitrogens with one attached hydrogen (secondary N) is 1. The average Bonchev–Trinajstić information content (AvgIpc) is 2.43. The lowest BCUT2D eigenvalue weighted by atomic mass is 9.94. The van der Waals surface area contributed by atoms with Gasteiger partial charge in [-0.1, -0.05) is 13.8 Å². The molecular weight excluding hydrogens is 224 g/mol. The van der Waals surface area contributed by atoms with Crippen LogP contribution >= 0.6 is 0 Å². The van der Waals surface area contributed by atoms with E-state index in [2.05, 4.69) is 58.7 Å². The van der Waals surface area contributed by atoms with Gasteiger partial charge in [-0.3, -0.25) is 0 Å². The highest BCUT2D eigenvalue weighted by atomic mass is 16.5. The van der Waals surface area contributed by atoms with E-state index < -0.39 is 0 Å². The van der Waals surface area contributed by atoms with Gasteiger partial charge in [-0.2, -0.15) is 0 Å². The molecule has 0 aliphatic carbocycles. The fourth-order valence-corrected chi connectivity index (χ4v) is 3.09. The molecule has 1 saturated heterocycles. The van der Waals surface area contributed by atoms with Gasteiger partial charge in [0.25, 0.3) is 0 Å². The van der Waals surface area contributed by atoms with Crippen LogP contribution in [0.5, 0.6) is 0 Å². The third-order valence-corrected chi connectivity index (χ3v) is 3.99. The third-order valence-electron chi connectivity index (χ3n) is 3.99. The Kier molecular flexibility index (Phi) is 5.22. The summed E-state index contributed by atoms with van der Waals surface area (Å²) in [4.78, 5) is 2.46. The highest BCUT2D eigenvalue weighted by molar-refractivity contribution is 4.99. The number of likely N-dealkylation sites (N-methyl/N-ethyl adjacent to an activating group) is 1. The molecular formula is C15H32N2O. The normalized spacial score (nSPS) is 27.7. The third kappa shape index (κ3) is 4.22. The van der Waals surface area contributed by atoms with Gasteiger partial charge in [0.1, 0.15) is 0 Å². The molecule has 1 N–H and O–H groups in total. The van der Waals surface area contributed by atoms with Crippen LogP contribution in [0.15, 0.2) is 0 Å². The van der Waals surface area contributed by atoms with Gasteiger partial charge in [-0.05, 0) is 54.1 Å². The molecule has 0 spiro atoms. The lowest BCUT2D eigenvalue weighted by Crippen LogP contribution is -2.50. The maximum Gasteiger partial charge on any atom is 0.0787 e. The fraction of sp³-hybridized carbons (Fsp3) is 1.00. The van der Waals surface area contributed by atoms with Gasteiger partial charge in [0.2, 0.25) is 0 Å². The summed E-state index contributed by atoms with van der Waals surface area (Å²) in [5, 5.41) is 3.76. The van der Waals surface area contributed by atoms with Crippen LogP contribution in [-0.2, 0) is 4.74 Å². The zero-order chi connectivity index (χ0) is 14.0. The van der Waals surface area contributed by atoms with Crippen LogP contribution in [0, 0.1) is 0 Å². The predicted molar refractivity (Wildman–Crippen MR) is 78.0 cm³/mol. The molecule has 18 heavy (non-hydrogen) atoms. The molecule has 1 heterocycles. The second-order valence-corrected chi connectivity index (χ2v) is 6.78. The van der Waals surface area contributed by atoms with Gasteiger partial charge in [0.15, 0.2) is 0 Å². The minimum Gasteiger partial charge on any atom is -0.368 e. The molecule has 108 valence electrons. The van der Waals surface area contributed by atoms with E-state index in [-0.39, 0.29) is 11.2 Å². The summed E-state index contributed by atoms with van der Waals surface area (Å²) < 4.78 is 6.13. The molecule has 1 rings (SSSR count). The van der Waals surface area contributed by atoms with E-state index in [9.17, 15) is 0 Å². The first-order valence-corrected chi connectivity index (χ1v) is 7.38. The highest BCUT2D eigenvalue weighted by Crippen LogP contribution is 2.37. The van der Waals surface area contributed by atoms with Crippen molar-refractivity contribution >= 4 is 0 Å². The molecule has 1 fully saturated rings. The van der Waals surface area contributed by atoms with Crippen molar-refractivity contribution in [2.75, 3.05) is 19.6 Å². The lowest BCUT2D eigenvalue weighted by molar-refractivity contribution is -0.0705. The second kappa shape index (κ2) is 5.89. The van der Waals surface area contributed by atoms with E-state index in [1.54, 1.807) is 0 Å². The Hall–Kier alpha value is -0.120. The minimum absolute atomic E-state index is 0.00388. The largest absolute Gasteiger partial charge is 0.368 e. The van der Waals surface area contributed by atoms with Crippen LogP contribution in [-0.4, -0.2) is 47.8 Å². The first kappa shape index (κ1) is 15.9. The van der Waals surface area contributed by atoms with Gasteiger partial charge in [-0.25, -0.2) is 0 Å². The van der Waals surface area contributed by atoms with Crippen LogP contribution in [0.2, 0.25) is 0 Å². The Bertz CT molecular complexity index is 259. The van der Waals surface area contributed by atoms with Crippen molar-refractivity contribution in [1.82, 2.24) is 10.2 Å². The minimum atomic E-state index is -0.0684. The summed E-state index contributed by atoms with van der Waals surface area (Å²) in [6.45, 7) is 18.9. The lowest BCUT2D eigenvalue weighted by Gasteiger charge is -2.31. The second-order valence-electron chi connectivity index (χ2n) is 6.78. The molecule has 0 amide bonds. The Morgan fingerprint density at radius 3 is 2.17 bits per heavy atom. The molecule has 1 aliphatic heterocycles. The quantitative estimate of drug-likeness (QED) is 0.791. The number of nitrogens with zero attached hydrogens (tertiary/aromatic N) is 1. The van der Waals surface area contributed by atoms with Crippen molar-refractivity contribution in [1.29, 1.82) is 0 Å². The van der Waals surface area contributed by atoms with E-state index in [1.165, 1.54) is 0 Å². The van der Waals surface area contributed by atoms with E-state index in [0.717, 1.165) is 26.1 Å². The highest BCUT2D eigenvalue weighted by Gasteiger charge is 2.45. The number of hydrogen-bond donors (Lipinski definition) is 1. The molecule has 0 bridgehead atoms. The molecule has 0 saturated carbocycles. The molecule has 0 aromatic carbocycles. The topological polar surface area (TPSA) is 24.5 Å². The summed E-state index contributed by atoms with van der Waals surface area (Å²) in [6.07, 6.45) is 1.09. The van der Waals surface area contributed by atoms with Crippen molar-refractivity contribution in [3.05, 3.63) is 0 Å². The van der Waals surface area contributed by atoms with Gasteiger partial charge < -0.3 is 15.0 Å². The van der Waals surface area contributed by atoms with Crippen molar-refractivity contribution < 1.29 is 4.74 Å². The Balaban J connectivity index is 2.51. The first-order chi connectivity index (χ1) is 8.20. The maximum absolute atomic E-state index is 6.13. The van der Waals surface area contributed by atoms with E-state index in [1.807, 2.05) is 0 Å². The van der Waals surface area contributed by atoms with Gasteiger partial charge in [0, 0.05) is 18.6 Å². The average molecular weight is 256 g/mol. The smallest absolute Gasteiger partial charge is 0.0787 e. The van der Waals surface area contributed by atoms with Crippen LogP contribution in [0.1, 0.15) is 54.9 Å². The van der Waals surface area contributed by atoms with Gasteiger partial charge >= 0.3 is 0 Å². The molecule has 3 nitrogen and oxygen atoms in total. The van der Waals surface area contributed by atoms with Gasteiger partial charge in [-0.15, -0.1) is 0 Å². The van der Waals surface area contributed by atoms with Crippen molar-refractivity contribution in [2.45, 2.75) is 78.2 Å². The standard InChI is InChI=1S/C15H32N2O/c1-8-17(9-2)11-12(3)16-13-10-14(4,5)18-15(13,6)7/h12-13,16H,8-11H2,1-7H3. The van der Waals surface area contributed by atoms with Crippen LogP contribution < -0.4 is 5.32 Å². The van der Waals surface area contributed by atoms with Gasteiger partial charge in [0.05, 0.1) is 11.2 Å². The van der Waals surface area contributed by atoms with Crippen molar-refractivity contribution in [3.8, 4) is 0 Å². The Labute approximate surface area is 113 Å². The number of rotatable bonds is 6. The summed E-state index contributed by atoms with van der Waals surface area (Å²) in [6, 6.07) is 0.949. The van der Waals surface area contributed by atoms with Crippen molar-refractivity contribution in [2.24, 2.45) is 0 Å². The zero-order valence-corrected chi connectivity index (χ0v) is 13.3. The van der Waals surface area contributed by atoms with Crippen molar-refractivity contribution in [3.63, 3.8) is 0 Å². The predicted octanol–water partition coefficient (Wildman–Crippen LogP) is 2.65. The molecule has 1 aliphatic rings. The monoisotopic (exact) mass is 256 g/mol. The summed E-state index contributed by atoms with van der Waals surface area (Å²) in [7, 11) is 0. The van der Waals surface area contributed by atoms with E-state index >= 15 is 0 Å².